The van der Waals surface area contributed by atoms with E-state index in [0.29, 0.717) is 0 Å². The van der Waals surface area contributed by atoms with E-state index in [4.69, 9.17) is 4.98 Å². The van der Waals surface area contributed by atoms with Crippen molar-refractivity contribution in [3.05, 3.63) is 83.9 Å². The smallest absolute Gasteiger partial charge is 0.138 e. The maximum absolute atomic E-state index is 9.54. The molecule has 4 aromatic rings. The molecule has 0 fully saturated rings. The zero-order chi connectivity index (χ0) is 18.1. The van der Waals surface area contributed by atoms with Crippen LogP contribution in [0, 0.1) is 13.8 Å². The Bertz CT molecular complexity index is 964. The molecule has 0 bridgehead atoms. The number of rotatable bonds is 3. The molecule has 0 radical (unpaired) electrons. The Morgan fingerprint density at radius 1 is 0.654 bits per heavy atom. The van der Waals surface area contributed by atoms with Crippen molar-refractivity contribution in [3.8, 4) is 39.7 Å². The zero-order valence-corrected chi connectivity index (χ0v) is 14.8. The lowest BCUT2D eigenvalue weighted by atomic mass is 10.0. The fourth-order valence-corrected chi connectivity index (χ4v) is 2.98. The van der Waals surface area contributed by atoms with Crippen LogP contribution in [0.5, 0.6) is 5.75 Å². The fraction of sp³-hybridized carbons (Fsp3) is 0.0870. The number of hydrogen-bond donors (Lipinski definition) is 2. The number of benzene rings is 3. The van der Waals surface area contributed by atoms with Gasteiger partial charge in [0.25, 0.3) is 0 Å². The van der Waals surface area contributed by atoms with E-state index in [1.165, 1.54) is 11.1 Å². The molecule has 3 heteroatoms. The molecule has 2 N–H and O–H groups in total. The van der Waals surface area contributed by atoms with Crippen molar-refractivity contribution in [2.45, 2.75) is 13.8 Å². The molecule has 0 amide bonds. The minimum absolute atomic E-state index is 0.248. The quantitative estimate of drug-likeness (QED) is 0.500. The minimum Gasteiger partial charge on any atom is -0.508 e. The van der Waals surface area contributed by atoms with Gasteiger partial charge in [-0.1, -0.05) is 59.7 Å². The summed E-state index contributed by atoms with van der Waals surface area (Å²) < 4.78 is 0. The third-order valence-electron chi connectivity index (χ3n) is 4.51. The van der Waals surface area contributed by atoms with Crippen molar-refractivity contribution in [2.75, 3.05) is 0 Å². The van der Waals surface area contributed by atoms with Gasteiger partial charge in [-0.25, -0.2) is 4.98 Å². The van der Waals surface area contributed by atoms with Crippen LogP contribution < -0.4 is 0 Å². The number of aromatic nitrogens is 2. The highest BCUT2D eigenvalue weighted by Gasteiger charge is 2.15. The minimum atomic E-state index is 0.248. The highest BCUT2D eigenvalue weighted by molar-refractivity contribution is 5.81. The van der Waals surface area contributed by atoms with Crippen LogP contribution in [0.25, 0.3) is 33.9 Å². The number of aromatic amines is 1. The first-order valence-corrected chi connectivity index (χ1v) is 8.63. The molecule has 3 aromatic carbocycles. The Balaban J connectivity index is 1.88. The lowest BCUT2D eigenvalue weighted by Gasteiger charge is -2.04. The Morgan fingerprint density at radius 2 is 1.15 bits per heavy atom. The molecule has 0 saturated heterocycles. The number of imidazole rings is 1. The van der Waals surface area contributed by atoms with Crippen molar-refractivity contribution >= 4 is 0 Å². The number of aryl methyl sites for hydroxylation is 2. The van der Waals surface area contributed by atoms with Gasteiger partial charge >= 0.3 is 0 Å². The largest absolute Gasteiger partial charge is 0.508 e. The van der Waals surface area contributed by atoms with E-state index in [1.54, 1.807) is 12.1 Å². The van der Waals surface area contributed by atoms with E-state index in [0.717, 1.165) is 33.9 Å². The number of H-pyrrole nitrogens is 1. The molecule has 128 valence electrons. The van der Waals surface area contributed by atoms with Crippen LogP contribution in [0.2, 0.25) is 0 Å². The fourth-order valence-electron chi connectivity index (χ4n) is 2.98. The van der Waals surface area contributed by atoms with Gasteiger partial charge in [-0.15, -0.1) is 0 Å². The molecular formula is C23H20N2O. The number of hydrogen-bond acceptors (Lipinski definition) is 2. The van der Waals surface area contributed by atoms with Crippen LogP contribution in [0.15, 0.2) is 72.8 Å². The predicted octanol–water partition coefficient (Wildman–Crippen LogP) is 5.73. The number of phenolic OH excluding ortho intramolecular Hbond substituents is 1. The monoisotopic (exact) mass is 340 g/mol. The maximum atomic E-state index is 9.54. The molecule has 0 unspecified atom stereocenters. The van der Waals surface area contributed by atoms with Gasteiger partial charge in [-0.05, 0) is 38.1 Å². The zero-order valence-electron chi connectivity index (χ0n) is 14.8. The standard InChI is InChI=1S/C23H20N2O/c1-15-3-7-17(8-4-15)21-22(18-9-5-16(2)6-10-18)25-23(24-21)19-11-13-20(26)14-12-19/h3-14,26H,1-2H3,(H,24,25). The summed E-state index contributed by atoms with van der Waals surface area (Å²) in [6.07, 6.45) is 0. The van der Waals surface area contributed by atoms with Crippen molar-refractivity contribution in [1.29, 1.82) is 0 Å². The second kappa shape index (κ2) is 6.52. The predicted molar refractivity (Wildman–Crippen MR) is 106 cm³/mol. The Hall–Kier alpha value is -3.33. The Morgan fingerprint density at radius 3 is 1.73 bits per heavy atom. The summed E-state index contributed by atoms with van der Waals surface area (Å²) >= 11 is 0. The van der Waals surface area contributed by atoms with E-state index < -0.39 is 0 Å². The van der Waals surface area contributed by atoms with Crippen LogP contribution in [-0.4, -0.2) is 15.1 Å². The molecule has 0 aliphatic heterocycles. The van der Waals surface area contributed by atoms with Gasteiger partial charge in [0.2, 0.25) is 0 Å². The third-order valence-corrected chi connectivity index (χ3v) is 4.51. The summed E-state index contributed by atoms with van der Waals surface area (Å²) in [5, 5.41) is 9.54. The molecule has 3 nitrogen and oxygen atoms in total. The molecule has 26 heavy (non-hydrogen) atoms. The first kappa shape index (κ1) is 16.2. The van der Waals surface area contributed by atoms with Gasteiger partial charge in [-0.3, -0.25) is 0 Å². The molecular weight excluding hydrogens is 320 g/mol. The summed E-state index contributed by atoms with van der Waals surface area (Å²) in [7, 11) is 0. The molecule has 0 atom stereocenters. The van der Waals surface area contributed by atoms with E-state index in [2.05, 4.69) is 67.4 Å². The first-order valence-electron chi connectivity index (χ1n) is 8.63. The Labute approximate surface area is 153 Å². The van der Waals surface area contributed by atoms with Crippen LogP contribution in [0.3, 0.4) is 0 Å². The second-order valence-electron chi connectivity index (χ2n) is 6.59. The van der Waals surface area contributed by atoms with Gasteiger partial charge in [0.1, 0.15) is 11.6 Å². The van der Waals surface area contributed by atoms with Gasteiger partial charge in [0.15, 0.2) is 0 Å². The lowest BCUT2D eigenvalue weighted by Crippen LogP contribution is -1.84. The molecule has 0 aliphatic carbocycles. The average molecular weight is 340 g/mol. The van der Waals surface area contributed by atoms with E-state index >= 15 is 0 Å². The van der Waals surface area contributed by atoms with Crippen LogP contribution >= 0.6 is 0 Å². The lowest BCUT2D eigenvalue weighted by molar-refractivity contribution is 0.475. The molecule has 1 aromatic heterocycles. The number of phenols is 1. The number of aromatic hydroxyl groups is 1. The number of nitrogens with one attached hydrogen (secondary N) is 1. The molecule has 0 aliphatic rings. The van der Waals surface area contributed by atoms with E-state index in [9.17, 15) is 5.11 Å². The Kier molecular flexibility index (Phi) is 4.05. The summed E-state index contributed by atoms with van der Waals surface area (Å²) in [6.45, 7) is 4.16. The summed E-state index contributed by atoms with van der Waals surface area (Å²) in [4.78, 5) is 8.35. The van der Waals surface area contributed by atoms with Crippen molar-refractivity contribution in [1.82, 2.24) is 9.97 Å². The SMILES string of the molecule is Cc1ccc(-c2nc(-c3ccc(O)cc3)[nH]c2-c2ccc(C)cc2)cc1. The van der Waals surface area contributed by atoms with Gasteiger partial charge < -0.3 is 10.1 Å². The summed E-state index contributed by atoms with van der Waals surface area (Å²) in [5.41, 5.74) is 7.49. The van der Waals surface area contributed by atoms with Gasteiger partial charge in [-0.2, -0.15) is 0 Å². The molecule has 4 rings (SSSR count). The topological polar surface area (TPSA) is 48.9 Å². The highest BCUT2D eigenvalue weighted by Crippen LogP contribution is 2.33. The normalized spacial score (nSPS) is 10.8. The van der Waals surface area contributed by atoms with Gasteiger partial charge in [0, 0.05) is 16.7 Å². The van der Waals surface area contributed by atoms with Crippen LogP contribution in [0.4, 0.5) is 0 Å². The van der Waals surface area contributed by atoms with Crippen molar-refractivity contribution in [2.24, 2.45) is 0 Å². The van der Waals surface area contributed by atoms with E-state index in [-0.39, 0.29) is 5.75 Å². The second-order valence-corrected chi connectivity index (χ2v) is 6.59. The number of nitrogens with zero attached hydrogens (tertiary/aromatic N) is 1. The van der Waals surface area contributed by atoms with Crippen molar-refractivity contribution < 1.29 is 5.11 Å². The van der Waals surface area contributed by atoms with Crippen LogP contribution in [0.1, 0.15) is 11.1 Å². The third kappa shape index (κ3) is 3.11. The molecule has 0 spiro atoms. The van der Waals surface area contributed by atoms with Crippen LogP contribution in [-0.2, 0) is 0 Å². The summed E-state index contributed by atoms with van der Waals surface area (Å²) in [5.74, 6) is 1.04. The van der Waals surface area contributed by atoms with E-state index in [1.807, 2.05) is 12.1 Å². The van der Waals surface area contributed by atoms with Crippen molar-refractivity contribution in [3.63, 3.8) is 0 Å². The molecule has 1 heterocycles. The maximum Gasteiger partial charge on any atom is 0.138 e. The highest BCUT2D eigenvalue weighted by atomic mass is 16.3. The first-order chi connectivity index (χ1) is 12.6. The average Bonchev–Trinajstić information content (AvgIpc) is 3.09. The summed E-state index contributed by atoms with van der Waals surface area (Å²) in [6, 6.07) is 23.9. The van der Waals surface area contributed by atoms with Gasteiger partial charge in [0.05, 0.1) is 11.4 Å². The molecule has 0 saturated carbocycles.